The first-order chi connectivity index (χ1) is 13.9. The zero-order chi connectivity index (χ0) is 21.9. The van der Waals surface area contributed by atoms with Crippen LogP contribution in [0.3, 0.4) is 0 Å². The smallest absolute Gasteiger partial charge is 0.220 e. The molecule has 0 atom stereocenters. The van der Waals surface area contributed by atoms with E-state index in [2.05, 4.69) is 48.6 Å². The maximum Gasteiger partial charge on any atom is 0.220 e. The molecule has 0 aromatic carbocycles. The summed E-state index contributed by atoms with van der Waals surface area (Å²) in [7, 11) is 0. The summed E-state index contributed by atoms with van der Waals surface area (Å²) in [6.07, 6.45) is 10.5. The Morgan fingerprint density at radius 2 is 1.72 bits per heavy atom. The van der Waals surface area contributed by atoms with Gasteiger partial charge in [0.05, 0.1) is 12.7 Å². The number of carbonyl (C=O) groups is 2. The van der Waals surface area contributed by atoms with Crippen LogP contribution in [0.5, 0.6) is 0 Å². The van der Waals surface area contributed by atoms with E-state index < -0.39 is 0 Å². The van der Waals surface area contributed by atoms with Crippen LogP contribution >= 0.6 is 0 Å². The number of hydrogen-bond donors (Lipinski definition) is 2. The van der Waals surface area contributed by atoms with E-state index in [0.29, 0.717) is 31.8 Å². The molecule has 1 rings (SSSR count). The van der Waals surface area contributed by atoms with Gasteiger partial charge in [0.25, 0.3) is 0 Å². The van der Waals surface area contributed by atoms with Crippen LogP contribution in [0.2, 0.25) is 0 Å². The molecule has 1 aromatic rings. The maximum atomic E-state index is 11.8. The molecular formula is C22H43N5O2. The van der Waals surface area contributed by atoms with Crippen LogP contribution in [0, 0.1) is 5.92 Å². The maximum absolute atomic E-state index is 11.8. The number of rotatable bonds is 14. The lowest BCUT2D eigenvalue weighted by Crippen LogP contribution is -2.24. The zero-order valence-electron chi connectivity index (χ0n) is 19.3. The van der Waals surface area contributed by atoms with Crippen LogP contribution in [0.4, 0.5) is 0 Å². The van der Waals surface area contributed by atoms with Crippen molar-refractivity contribution in [2.24, 2.45) is 5.92 Å². The minimum absolute atomic E-state index is 0.0342. The van der Waals surface area contributed by atoms with Crippen LogP contribution in [0.1, 0.15) is 98.1 Å². The van der Waals surface area contributed by atoms with E-state index in [-0.39, 0.29) is 11.8 Å². The molecule has 0 fully saturated rings. The second-order valence-corrected chi connectivity index (χ2v) is 7.80. The highest BCUT2D eigenvalue weighted by molar-refractivity contribution is 5.76. The molecule has 2 amide bonds. The van der Waals surface area contributed by atoms with Crippen molar-refractivity contribution < 1.29 is 9.59 Å². The molecule has 0 radical (unpaired) electrons. The first kappa shape index (κ1) is 27.1. The molecule has 7 heteroatoms. The average molecular weight is 410 g/mol. The van der Waals surface area contributed by atoms with Gasteiger partial charge in [-0.05, 0) is 31.6 Å². The lowest BCUT2D eigenvalue weighted by atomic mass is 10.1. The summed E-state index contributed by atoms with van der Waals surface area (Å²) in [5.41, 5.74) is 0.792. The van der Waals surface area contributed by atoms with Crippen LogP contribution in [0.15, 0.2) is 6.20 Å². The Hall–Kier alpha value is -1.92. The molecule has 0 aliphatic carbocycles. The number of aryl methyl sites for hydroxylation is 1. The number of nitrogens with zero attached hydrogens (tertiary/aromatic N) is 3. The highest BCUT2D eigenvalue weighted by Gasteiger charge is 2.05. The van der Waals surface area contributed by atoms with Gasteiger partial charge in [0, 0.05) is 25.9 Å². The van der Waals surface area contributed by atoms with E-state index in [1.807, 2.05) is 17.8 Å². The number of aromatic nitrogens is 3. The number of carbonyl (C=O) groups excluding carboxylic acids is 2. The third-order valence-electron chi connectivity index (χ3n) is 4.45. The summed E-state index contributed by atoms with van der Waals surface area (Å²) in [5.74, 6) is 0.812. The van der Waals surface area contributed by atoms with E-state index in [9.17, 15) is 9.59 Å². The van der Waals surface area contributed by atoms with Crippen LogP contribution < -0.4 is 10.6 Å². The highest BCUT2D eigenvalue weighted by Crippen LogP contribution is 2.05. The molecule has 0 spiro atoms. The van der Waals surface area contributed by atoms with Crippen molar-refractivity contribution in [1.29, 1.82) is 0 Å². The van der Waals surface area contributed by atoms with Crippen LogP contribution in [-0.2, 0) is 22.7 Å². The van der Waals surface area contributed by atoms with Crippen molar-refractivity contribution >= 4 is 11.8 Å². The Balaban J connectivity index is 0.00000178. The predicted octanol–water partition coefficient (Wildman–Crippen LogP) is 4.22. The summed E-state index contributed by atoms with van der Waals surface area (Å²) >= 11 is 0. The van der Waals surface area contributed by atoms with Gasteiger partial charge in [0.15, 0.2) is 0 Å². The molecule has 29 heavy (non-hydrogen) atoms. The Kier molecular flexibility index (Phi) is 16.9. The molecule has 0 aliphatic rings. The van der Waals surface area contributed by atoms with Gasteiger partial charge >= 0.3 is 0 Å². The summed E-state index contributed by atoms with van der Waals surface area (Å²) in [5, 5.41) is 13.9. The summed E-state index contributed by atoms with van der Waals surface area (Å²) in [6, 6.07) is 0. The standard InChI is InChI=1S/C18H33N5O2.C4H10/c1-4-17(24)19-11-7-5-6-10-18(25)20-13-16-14-23(22-21-16)12-8-9-15(2)3;1-3-4-2/h14-15H,4-13H2,1-3H3,(H,19,24)(H,20,25);3-4H2,1-2H3. The van der Waals surface area contributed by atoms with Gasteiger partial charge < -0.3 is 10.6 Å². The fraction of sp³-hybridized carbons (Fsp3) is 0.818. The normalized spacial score (nSPS) is 10.4. The second-order valence-electron chi connectivity index (χ2n) is 7.80. The van der Waals surface area contributed by atoms with E-state index in [1.54, 1.807) is 0 Å². The highest BCUT2D eigenvalue weighted by atomic mass is 16.2. The van der Waals surface area contributed by atoms with Gasteiger partial charge in [-0.3, -0.25) is 14.3 Å². The van der Waals surface area contributed by atoms with Crippen molar-refractivity contribution in [2.45, 2.75) is 105 Å². The first-order valence-electron chi connectivity index (χ1n) is 11.3. The minimum atomic E-state index is 0.0342. The predicted molar refractivity (Wildman–Crippen MR) is 118 cm³/mol. The lowest BCUT2D eigenvalue weighted by molar-refractivity contribution is -0.122. The monoisotopic (exact) mass is 409 g/mol. The lowest BCUT2D eigenvalue weighted by Gasteiger charge is -2.05. The largest absolute Gasteiger partial charge is 0.356 e. The zero-order valence-corrected chi connectivity index (χ0v) is 19.3. The van der Waals surface area contributed by atoms with Gasteiger partial charge in [-0.15, -0.1) is 5.10 Å². The molecule has 0 saturated heterocycles. The van der Waals surface area contributed by atoms with Gasteiger partial charge in [-0.2, -0.15) is 0 Å². The van der Waals surface area contributed by atoms with E-state index in [0.717, 1.165) is 37.9 Å². The molecular weight excluding hydrogens is 366 g/mol. The van der Waals surface area contributed by atoms with Crippen LogP contribution in [-0.4, -0.2) is 33.4 Å². The minimum Gasteiger partial charge on any atom is -0.356 e. The molecule has 0 aliphatic heterocycles. The molecule has 0 bridgehead atoms. The number of hydrogen-bond acceptors (Lipinski definition) is 4. The number of unbranched alkanes of at least 4 members (excludes halogenated alkanes) is 3. The van der Waals surface area contributed by atoms with Gasteiger partial charge in [-0.25, -0.2) is 0 Å². The van der Waals surface area contributed by atoms with Crippen molar-refractivity contribution in [3.8, 4) is 0 Å². The molecule has 168 valence electrons. The Labute approximate surface area is 177 Å². The van der Waals surface area contributed by atoms with Crippen molar-refractivity contribution in [1.82, 2.24) is 25.6 Å². The van der Waals surface area contributed by atoms with Gasteiger partial charge in [0.2, 0.25) is 11.8 Å². The van der Waals surface area contributed by atoms with E-state index in [1.165, 1.54) is 19.3 Å². The molecule has 2 N–H and O–H groups in total. The molecule has 1 aromatic heterocycles. The quantitative estimate of drug-likeness (QED) is 0.450. The topological polar surface area (TPSA) is 88.9 Å². The SMILES string of the molecule is CCC(=O)NCCCCCC(=O)NCc1cn(CCCC(C)C)nn1.CCCC. The average Bonchev–Trinajstić information content (AvgIpc) is 3.16. The Bertz CT molecular complexity index is 541. The Morgan fingerprint density at radius 1 is 1.00 bits per heavy atom. The third-order valence-corrected chi connectivity index (χ3v) is 4.45. The molecule has 0 saturated carbocycles. The number of nitrogens with one attached hydrogen (secondary N) is 2. The van der Waals surface area contributed by atoms with Gasteiger partial charge in [0.1, 0.15) is 5.69 Å². The van der Waals surface area contributed by atoms with Crippen molar-refractivity contribution in [2.75, 3.05) is 6.54 Å². The van der Waals surface area contributed by atoms with Gasteiger partial charge in [-0.1, -0.05) is 59.1 Å². The second kappa shape index (κ2) is 18.1. The molecule has 0 unspecified atom stereocenters. The van der Waals surface area contributed by atoms with Crippen molar-refractivity contribution in [3.05, 3.63) is 11.9 Å². The van der Waals surface area contributed by atoms with Crippen LogP contribution in [0.25, 0.3) is 0 Å². The fourth-order valence-corrected chi connectivity index (χ4v) is 2.41. The van der Waals surface area contributed by atoms with E-state index in [4.69, 9.17) is 0 Å². The third kappa shape index (κ3) is 16.7. The molecule has 1 heterocycles. The first-order valence-corrected chi connectivity index (χ1v) is 11.3. The summed E-state index contributed by atoms with van der Waals surface area (Å²) < 4.78 is 1.84. The summed E-state index contributed by atoms with van der Waals surface area (Å²) in [4.78, 5) is 22.9. The summed E-state index contributed by atoms with van der Waals surface area (Å²) in [6.45, 7) is 12.6. The molecule has 7 nitrogen and oxygen atoms in total. The van der Waals surface area contributed by atoms with Crippen molar-refractivity contribution in [3.63, 3.8) is 0 Å². The number of amides is 2. The van der Waals surface area contributed by atoms with E-state index >= 15 is 0 Å². The Morgan fingerprint density at radius 3 is 2.34 bits per heavy atom. The fourth-order valence-electron chi connectivity index (χ4n) is 2.41.